The van der Waals surface area contributed by atoms with Gasteiger partial charge in [0.1, 0.15) is 5.82 Å². The third-order valence-electron chi connectivity index (χ3n) is 2.15. The number of hydrogen-bond donors (Lipinski definition) is 1. The van der Waals surface area contributed by atoms with Crippen molar-refractivity contribution in [2.24, 2.45) is 0 Å². The molecule has 0 saturated carbocycles. The third kappa shape index (κ3) is 2.20. The van der Waals surface area contributed by atoms with E-state index in [1.54, 1.807) is 13.0 Å². The van der Waals surface area contributed by atoms with Gasteiger partial charge in [0.25, 0.3) is 0 Å². The van der Waals surface area contributed by atoms with E-state index in [9.17, 15) is 4.39 Å². The van der Waals surface area contributed by atoms with Crippen molar-refractivity contribution in [3.63, 3.8) is 0 Å². The summed E-state index contributed by atoms with van der Waals surface area (Å²) in [6.45, 7) is 3.45. The summed E-state index contributed by atoms with van der Waals surface area (Å²) in [5, 5.41) is 9.29. The summed E-state index contributed by atoms with van der Waals surface area (Å²) in [6.07, 6.45) is 0. The van der Waals surface area contributed by atoms with E-state index in [0.29, 0.717) is 10.6 Å². The highest BCUT2D eigenvalue weighted by Crippen LogP contribution is 2.24. The molecule has 3 heteroatoms. The van der Waals surface area contributed by atoms with Gasteiger partial charge in [-0.25, -0.2) is 4.39 Å². The second kappa shape index (κ2) is 4.07. The molecule has 13 heavy (non-hydrogen) atoms. The van der Waals surface area contributed by atoms with Crippen LogP contribution in [-0.2, 0) is 0 Å². The Morgan fingerprint density at radius 1 is 1.54 bits per heavy atom. The Morgan fingerprint density at radius 2 is 2.15 bits per heavy atom. The fourth-order valence-corrected chi connectivity index (χ4v) is 1.27. The van der Waals surface area contributed by atoms with Crippen LogP contribution in [0.2, 0.25) is 5.02 Å². The molecule has 0 spiro atoms. The maximum Gasteiger partial charge on any atom is 0.127 e. The SMILES string of the molecule is Cc1c(F)cc(C(C)CO)cc1Cl. The van der Waals surface area contributed by atoms with E-state index in [-0.39, 0.29) is 18.3 Å². The lowest BCUT2D eigenvalue weighted by Crippen LogP contribution is -2.00. The lowest BCUT2D eigenvalue weighted by molar-refractivity contribution is 0.273. The summed E-state index contributed by atoms with van der Waals surface area (Å²) >= 11 is 5.80. The summed E-state index contributed by atoms with van der Waals surface area (Å²) in [4.78, 5) is 0. The fraction of sp³-hybridized carbons (Fsp3) is 0.400. The molecule has 0 fully saturated rings. The van der Waals surface area contributed by atoms with Crippen molar-refractivity contribution in [2.45, 2.75) is 19.8 Å². The smallest absolute Gasteiger partial charge is 0.127 e. The van der Waals surface area contributed by atoms with Gasteiger partial charge in [0.15, 0.2) is 0 Å². The van der Waals surface area contributed by atoms with Gasteiger partial charge >= 0.3 is 0 Å². The van der Waals surface area contributed by atoms with E-state index in [1.807, 2.05) is 6.92 Å². The number of aliphatic hydroxyl groups excluding tert-OH is 1. The van der Waals surface area contributed by atoms with Gasteiger partial charge in [-0.15, -0.1) is 0 Å². The Balaban J connectivity index is 3.13. The molecule has 0 radical (unpaired) electrons. The molecule has 0 saturated heterocycles. The number of halogens is 2. The van der Waals surface area contributed by atoms with E-state index in [2.05, 4.69) is 0 Å². The standard InChI is InChI=1S/C10H12ClFO/c1-6(5-13)8-3-9(11)7(2)10(12)4-8/h3-4,6,13H,5H2,1-2H3. The van der Waals surface area contributed by atoms with Gasteiger partial charge in [-0.1, -0.05) is 18.5 Å². The van der Waals surface area contributed by atoms with Crippen molar-refractivity contribution in [1.82, 2.24) is 0 Å². The monoisotopic (exact) mass is 202 g/mol. The first-order valence-corrected chi connectivity index (χ1v) is 4.50. The largest absolute Gasteiger partial charge is 0.396 e. The third-order valence-corrected chi connectivity index (χ3v) is 2.54. The molecule has 1 aromatic carbocycles. The average molecular weight is 203 g/mol. The molecular weight excluding hydrogens is 191 g/mol. The van der Waals surface area contributed by atoms with Gasteiger partial charge in [-0.3, -0.25) is 0 Å². The molecule has 1 rings (SSSR count). The van der Waals surface area contributed by atoms with Gasteiger partial charge in [0, 0.05) is 23.1 Å². The second-order valence-electron chi connectivity index (χ2n) is 3.19. The average Bonchev–Trinajstić information content (AvgIpc) is 2.12. The number of aliphatic hydroxyl groups is 1. The molecule has 0 amide bonds. The summed E-state index contributed by atoms with van der Waals surface area (Å²) in [7, 11) is 0. The van der Waals surface area contributed by atoms with Crippen LogP contribution in [0.1, 0.15) is 24.0 Å². The lowest BCUT2D eigenvalue weighted by Gasteiger charge is -2.10. The molecule has 0 bridgehead atoms. The predicted octanol–water partition coefficient (Wildman–Crippen LogP) is 2.88. The minimum Gasteiger partial charge on any atom is -0.396 e. The first-order chi connectivity index (χ1) is 6.06. The lowest BCUT2D eigenvalue weighted by atomic mass is 10.0. The highest BCUT2D eigenvalue weighted by atomic mass is 35.5. The molecule has 0 aromatic heterocycles. The normalized spacial score (nSPS) is 13.0. The molecule has 0 heterocycles. The number of benzene rings is 1. The van der Waals surface area contributed by atoms with Crippen molar-refractivity contribution in [3.05, 3.63) is 34.1 Å². The maximum absolute atomic E-state index is 13.2. The van der Waals surface area contributed by atoms with Crippen molar-refractivity contribution in [1.29, 1.82) is 0 Å². The zero-order valence-corrected chi connectivity index (χ0v) is 8.40. The Hall–Kier alpha value is -0.600. The van der Waals surface area contributed by atoms with Crippen LogP contribution in [0.15, 0.2) is 12.1 Å². The van der Waals surface area contributed by atoms with Gasteiger partial charge in [-0.05, 0) is 24.6 Å². The van der Waals surface area contributed by atoms with Gasteiger partial charge in [-0.2, -0.15) is 0 Å². The first-order valence-electron chi connectivity index (χ1n) is 4.12. The summed E-state index contributed by atoms with van der Waals surface area (Å²) in [6, 6.07) is 3.11. The molecule has 72 valence electrons. The zero-order chi connectivity index (χ0) is 10.0. The quantitative estimate of drug-likeness (QED) is 0.782. The van der Waals surface area contributed by atoms with Gasteiger partial charge < -0.3 is 5.11 Å². The van der Waals surface area contributed by atoms with Gasteiger partial charge in [0.05, 0.1) is 0 Å². The Bertz CT molecular complexity index is 289. The van der Waals surface area contributed by atoms with Crippen LogP contribution in [0.5, 0.6) is 0 Å². The van der Waals surface area contributed by atoms with E-state index in [1.165, 1.54) is 6.07 Å². The van der Waals surface area contributed by atoms with Crippen molar-refractivity contribution in [3.8, 4) is 0 Å². The molecule has 1 atom stereocenters. The summed E-state index contributed by atoms with van der Waals surface area (Å²) in [5.74, 6) is -0.393. The van der Waals surface area contributed by atoms with E-state index in [4.69, 9.17) is 16.7 Å². The molecule has 1 aromatic rings. The molecule has 0 aliphatic rings. The first kappa shape index (κ1) is 10.5. The highest BCUT2D eigenvalue weighted by molar-refractivity contribution is 6.31. The number of rotatable bonds is 2. The molecule has 0 aliphatic heterocycles. The zero-order valence-electron chi connectivity index (χ0n) is 7.64. The van der Waals surface area contributed by atoms with Crippen LogP contribution >= 0.6 is 11.6 Å². The maximum atomic E-state index is 13.2. The van der Waals surface area contributed by atoms with E-state index >= 15 is 0 Å². The van der Waals surface area contributed by atoms with Crippen LogP contribution in [0.25, 0.3) is 0 Å². The minimum absolute atomic E-state index is 0.00116. The van der Waals surface area contributed by atoms with Crippen LogP contribution in [0, 0.1) is 12.7 Å². The Labute approximate surface area is 82.2 Å². The van der Waals surface area contributed by atoms with Crippen molar-refractivity contribution < 1.29 is 9.50 Å². The molecule has 1 N–H and O–H groups in total. The molecular formula is C10H12ClFO. The fourth-order valence-electron chi connectivity index (χ4n) is 1.05. The van der Waals surface area contributed by atoms with Crippen molar-refractivity contribution in [2.75, 3.05) is 6.61 Å². The number of hydrogen-bond acceptors (Lipinski definition) is 1. The van der Waals surface area contributed by atoms with E-state index in [0.717, 1.165) is 5.56 Å². The highest BCUT2D eigenvalue weighted by Gasteiger charge is 2.09. The van der Waals surface area contributed by atoms with Crippen LogP contribution in [-0.4, -0.2) is 11.7 Å². The van der Waals surface area contributed by atoms with Crippen LogP contribution < -0.4 is 0 Å². The topological polar surface area (TPSA) is 20.2 Å². The van der Waals surface area contributed by atoms with E-state index < -0.39 is 0 Å². The molecule has 1 unspecified atom stereocenters. The van der Waals surface area contributed by atoms with Crippen molar-refractivity contribution >= 4 is 11.6 Å². The molecule has 1 nitrogen and oxygen atoms in total. The Kier molecular flexibility index (Phi) is 3.28. The van der Waals surface area contributed by atoms with Crippen LogP contribution in [0.4, 0.5) is 4.39 Å². The minimum atomic E-state index is -0.317. The second-order valence-corrected chi connectivity index (χ2v) is 3.60. The Morgan fingerprint density at radius 3 is 2.62 bits per heavy atom. The van der Waals surface area contributed by atoms with Gasteiger partial charge in [0.2, 0.25) is 0 Å². The summed E-state index contributed by atoms with van der Waals surface area (Å²) < 4.78 is 13.2. The predicted molar refractivity (Wildman–Crippen MR) is 51.6 cm³/mol. The molecule has 0 aliphatic carbocycles. The van der Waals surface area contributed by atoms with Crippen LogP contribution in [0.3, 0.4) is 0 Å². The summed E-state index contributed by atoms with van der Waals surface area (Å²) in [5.41, 5.74) is 1.19.